The molecule has 0 spiro atoms. The third-order valence-electron chi connectivity index (χ3n) is 1.89. The van der Waals surface area contributed by atoms with Crippen LogP contribution in [-0.2, 0) is 0 Å². The van der Waals surface area contributed by atoms with Gasteiger partial charge in [-0.05, 0) is 17.7 Å². The van der Waals surface area contributed by atoms with Gasteiger partial charge >= 0.3 is 0 Å². The van der Waals surface area contributed by atoms with E-state index in [-0.39, 0.29) is 11.1 Å². The van der Waals surface area contributed by atoms with E-state index in [4.69, 9.17) is 21.0 Å². The molecule has 0 amide bonds. The van der Waals surface area contributed by atoms with Crippen molar-refractivity contribution in [1.29, 1.82) is 21.0 Å². The third-order valence-corrected chi connectivity index (χ3v) is 1.89. The quantitative estimate of drug-likeness (QED) is 0.652. The fourth-order valence-electron chi connectivity index (χ4n) is 1.11. The molecule has 1 rings (SSSR count). The normalized spacial score (nSPS) is 7.75. The number of allylic oxidation sites excluding steroid dienone is 2. The minimum atomic E-state index is -0.229. The average molecular weight is 204 g/mol. The molecule has 0 aliphatic carbocycles. The fraction of sp³-hybridized carbons (Fsp3) is 0. The molecule has 0 fully saturated rings. The Hall–Kier alpha value is -3.08. The zero-order valence-electron chi connectivity index (χ0n) is 8.10. The highest BCUT2D eigenvalue weighted by molar-refractivity contribution is 5.84. The van der Waals surface area contributed by atoms with Crippen molar-refractivity contribution in [1.82, 2.24) is 0 Å². The number of hydrogen-bond acceptors (Lipinski definition) is 4. The van der Waals surface area contributed by atoms with Crippen molar-refractivity contribution in [3.8, 4) is 24.3 Å². The zero-order valence-corrected chi connectivity index (χ0v) is 8.10. The van der Waals surface area contributed by atoms with Crippen LogP contribution in [0.5, 0.6) is 0 Å². The Kier molecular flexibility index (Phi) is 3.41. The van der Waals surface area contributed by atoms with Gasteiger partial charge in [0.15, 0.2) is 0 Å². The van der Waals surface area contributed by atoms with Crippen molar-refractivity contribution in [2.75, 3.05) is 0 Å². The summed E-state index contributed by atoms with van der Waals surface area (Å²) in [4.78, 5) is 0. The standard InChI is InChI=1S/C12H4N4/c13-5-9-1-3-10(4-2-9)12(8-16)11(6-14)7-15/h1-4H. The summed E-state index contributed by atoms with van der Waals surface area (Å²) in [5.74, 6) is 0. The summed E-state index contributed by atoms with van der Waals surface area (Å²) in [6, 6.07) is 13.2. The SMILES string of the molecule is N#CC(C#N)=C(C#N)c1ccc(C#N)cc1. The molecule has 4 nitrogen and oxygen atoms in total. The van der Waals surface area contributed by atoms with E-state index >= 15 is 0 Å². The topological polar surface area (TPSA) is 95.2 Å². The van der Waals surface area contributed by atoms with Crippen LogP contribution >= 0.6 is 0 Å². The third kappa shape index (κ3) is 2.05. The summed E-state index contributed by atoms with van der Waals surface area (Å²) in [7, 11) is 0. The number of nitriles is 4. The number of benzene rings is 1. The van der Waals surface area contributed by atoms with Crippen LogP contribution in [0.2, 0.25) is 0 Å². The highest BCUT2D eigenvalue weighted by Gasteiger charge is 2.08. The van der Waals surface area contributed by atoms with Crippen LogP contribution in [0.15, 0.2) is 29.8 Å². The van der Waals surface area contributed by atoms with Crippen LogP contribution in [-0.4, -0.2) is 0 Å². The summed E-state index contributed by atoms with van der Waals surface area (Å²) in [6.45, 7) is 0. The minimum Gasteiger partial charge on any atom is -0.192 e. The maximum Gasteiger partial charge on any atom is 0.148 e. The van der Waals surface area contributed by atoms with Crippen molar-refractivity contribution >= 4 is 5.57 Å². The van der Waals surface area contributed by atoms with Gasteiger partial charge in [0.05, 0.1) is 17.2 Å². The van der Waals surface area contributed by atoms with Crippen LogP contribution in [0.3, 0.4) is 0 Å². The number of rotatable bonds is 1. The highest BCUT2D eigenvalue weighted by atomic mass is 14.3. The molecule has 1 aromatic carbocycles. The van der Waals surface area contributed by atoms with Crippen molar-refractivity contribution in [2.45, 2.75) is 0 Å². The van der Waals surface area contributed by atoms with E-state index in [1.165, 1.54) is 24.3 Å². The lowest BCUT2D eigenvalue weighted by molar-refractivity contribution is 1.44. The van der Waals surface area contributed by atoms with E-state index < -0.39 is 0 Å². The first-order valence-corrected chi connectivity index (χ1v) is 4.22. The molecule has 0 bridgehead atoms. The van der Waals surface area contributed by atoms with Gasteiger partial charge in [-0.25, -0.2) is 0 Å². The van der Waals surface area contributed by atoms with Gasteiger partial charge in [-0.1, -0.05) is 12.1 Å². The van der Waals surface area contributed by atoms with E-state index in [0.29, 0.717) is 11.1 Å². The first kappa shape index (κ1) is 11.0. The average Bonchev–Trinajstić information content (AvgIpc) is 2.36. The molecule has 72 valence electrons. The van der Waals surface area contributed by atoms with Gasteiger partial charge in [-0.15, -0.1) is 0 Å². The lowest BCUT2D eigenvalue weighted by Gasteiger charge is -1.98. The Labute approximate surface area is 92.5 Å². The molecule has 0 aliphatic rings. The van der Waals surface area contributed by atoms with Crippen LogP contribution in [0.4, 0.5) is 0 Å². The summed E-state index contributed by atoms with van der Waals surface area (Å²) in [5, 5.41) is 34.8. The van der Waals surface area contributed by atoms with Gasteiger partial charge in [0, 0.05) is 0 Å². The molecule has 0 saturated carbocycles. The Balaban J connectivity index is 3.35. The Morgan fingerprint density at radius 1 is 0.812 bits per heavy atom. The molecule has 0 saturated heterocycles. The Morgan fingerprint density at radius 3 is 1.75 bits per heavy atom. The minimum absolute atomic E-state index is 0.0227. The molecule has 0 N–H and O–H groups in total. The van der Waals surface area contributed by atoms with Gasteiger partial charge < -0.3 is 0 Å². The second-order valence-corrected chi connectivity index (χ2v) is 2.77. The van der Waals surface area contributed by atoms with E-state index in [1.54, 1.807) is 12.1 Å². The van der Waals surface area contributed by atoms with Gasteiger partial charge in [0.25, 0.3) is 0 Å². The smallest absolute Gasteiger partial charge is 0.148 e. The van der Waals surface area contributed by atoms with Gasteiger partial charge in [0.1, 0.15) is 23.8 Å². The first-order valence-electron chi connectivity index (χ1n) is 4.22. The van der Waals surface area contributed by atoms with E-state index in [2.05, 4.69) is 0 Å². The van der Waals surface area contributed by atoms with E-state index in [9.17, 15) is 0 Å². The highest BCUT2D eigenvalue weighted by Crippen LogP contribution is 2.17. The molecule has 4 heteroatoms. The molecule has 0 atom stereocenters. The Bertz CT molecular complexity index is 579. The zero-order chi connectivity index (χ0) is 12.0. The van der Waals surface area contributed by atoms with Gasteiger partial charge in [0.2, 0.25) is 0 Å². The lowest BCUT2D eigenvalue weighted by Crippen LogP contribution is -1.87. The molecule has 0 aliphatic heterocycles. The summed E-state index contributed by atoms with van der Waals surface area (Å²) >= 11 is 0. The van der Waals surface area contributed by atoms with Crippen molar-refractivity contribution < 1.29 is 0 Å². The predicted octanol–water partition coefficient (Wildman–Crippen LogP) is 1.88. The lowest BCUT2D eigenvalue weighted by atomic mass is 10.0. The summed E-state index contributed by atoms with van der Waals surface area (Å²) < 4.78 is 0. The monoisotopic (exact) mass is 204 g/mol. The van der Waals surface area contributed by atoms with Crippen LogP contribution in [0, 0.1) is 45.3 Å². The van der Waals surface area contributed by atoms with Crippen molar-refractivity contribution in [3.63, 3.8) is 0 Å². The number of nitrogens with zero attached hydrogens (tertiary/aromatic N) is 4. The van der Waals surface area contributed by atoms with Crippen LogP contribution in [0.1, 0.15) is 11.1 Å². The molecule has 0 radical (unpaired) electrons. The largest absolute Gasteiger partial charge is 0.192 e. The van der Waals surface area contributed by atoms with E-state index in [1.807, 2.05) is 12.1 Å². The molecule has 0 aromatic heterocycles. The Morgan fingerprint density at radius 2 is 1.38 bits per heavy atom. The molecular formula is C12H4N4. The maximum atomic E-state index is 8.86. The van der Waals surface area contributed by atoms with E-state index in [0.717, 1.165) is 0 Å². The molecule has 0 unspecified atom stereocenters. The van der Waals surface area contributed by atoms with Gasteiger partial charge in [-0.2, -0.15) is 21.0 Å². The second kappa shape index (κ2) is 4.97. The van der Waals surface area contributed by atoms with Crippen molar-refractivity contribution in [2.24, 2.45) is 0 Å². The van der Waals surface area contributed by atoms with Crippen LogP contribution < -0.4 is 0 Å². The second-order valence-electron chi connectivity index (χ2n) is 2.77. The molecular weight excluding hydrogens is 200 g/mol. The summed E-state index contributed by atoms with van der Waals surface area (Å²) in [5.41, 5.74) is 0.706. The first-order chi connectivity index (χ1) is 7.76. The molecule has 16 heavy (non-hydrogen) atoms. The van der Waals surface area contributed by atoms with Gasteiger partial charge in [-0.3, -0.25) is 0 Å². The fourth-order valence-corrected chi connectivity index (χ4v) is 1.11. The summed E-state index contributed by atoms with van der Waals surface area (Å²) in [6.07, 6.45) is 0. The number of hydrogen-bond donors (Lipinski definition) is 0. The molecule has 0 heterocycles. The maximum absolute atomic E-state index is 8.86. The predicted molar refractivity (Wildman–Crippen MR) is 54.9 cm³/mol. The van der Waals surface area contributed by atoms with Crippen LogP contribution in [0.25, 0.3) is 5.57 Å². The van der Waals surface area contributed by atoms with Crippen molar-refractivity contribution in [3.05, 3.63) is 41.0 Å². The molecule has 1 aromatic rings.